The standard InChI is InChI=1S/C17H25F/c1-12(2)10-14(5)6-7-15-8-9-16(18)11-17(15)13(3)4/h8-13H,6-7H2,1-5H3/b14-10-. The SMILES string of the molecule is C/C(=C/C(C)C)CCc1ccc(F)cc1C(C)C. The molecule has 0 atom stereocenters. The number of halogens is 1. The van der Waals surface area contributed by atoms with Crippen molar-refractivity contribution in [2.75, 3.05) is 0 Å². The van der Waals surface area contributed by atoms with Gasteiger partial charge in [-0.1, -0.05) is 45.4 Å². The Balaban J connectivity index is 2.79. The number of hydrogen-bond acceptors (Lipinski definition) is 0. The highest BCUT2D eigenvalue weighted by atomic mass is 19.1. The topological polar surface area (TPSA) is 0 Å². The summed E-state index contributed by atoms with van der Waals surface area (Å²) < 4.78 is 13.3. The van der Waals surface area contributed by atoms with Crippen LogP contribution in [0, 0.1) is 11.7 Å². The van der Waals surface area contributed by atoms with Gasteiger partial charge in [0.25, 0.3) is 0 Å². The van der Waals surface area contributed by atoms with Crippen LogP contribution in [-0.2, 0) is 6.42 Å². The van der Waals surface area contributed by atoms with Crippen LogP contribution >= 0.6 is 0 Å². The van der Waals surface area contributed by atoms with Crippen LogP contribution in [0.25, 0.3) is 0 Å². The van der Waals surface area contributed by atoms with Crippen LogP contribution in [0.4, 0.5) is 4.39 Å². The monoisotopic (exact) mass is 248 g/mol. The molecule has 0 fully saturated rings. The Hall–Kier alpha value is -1.11. The van der Waals surface area contributed by atoms with Gasteiger partial charge in [-0.2, -0.15) is 0 Å². The fourth-order valence-electron chi connectivity index (χ4n) is 2.32. The minimum absolute atomic E-state index is 0.128. The van der Waals surface area contributed by atoms with Gasteiger partial charge in [-0.3, -0.25) is 0 Å². The summed E-state index contributed by atoms with van der Waals surface area (Å²) in [6, 6.07) is 5.19. The van der Waals surface area contributed by atoms with Crippen LogP contribution in [0.2, 0.25) is 0 Å². The van der Waals surface area contributed by atoms with Gasteiger partial charge in [-0.15, -0.1) is 0 Å². The van der Waals surface area contributed by atoms with E-state index in [1.807, 2.05) is 6.07 Å². The van der Waals surface area contributed by atoms with Crippen LogP contribution in [0.3, 0.4) is 0 Å². The van der Waals surface area contributed by atoms with E-state index >= 15 is 0 Å². The van der Waals surface area contributed by atoms with Gasteiger partial charge in [0.2, 0.25) is 0 Å². The molecule has 1 aromatic carbocycles. The summed E-state index contributed by atoms with van der Waals surface area (Å²) in [5.74, 6) is 0.852. The van der Waals surface area contributed by atoms with Crippen molar-refractivity contribution in [3.8, 4) is 0 Å². The quantitative estimate of drug-likeness (QED) is 0.605. The molecule has 1 heteroatoms. The molecule has 100 valence electrons. The molecular weight excluding hydrogens is 223 g/mol. The Kier molecular flexibility index (Phi) is 5.58. The highest BCUT2D eigenvalue weighted by molar-refractivity contribution is 5.31. The van der Waals surface area contributed by atoms with Crippen LogP contribution in [0.1, 0.15) is 58.1 Å². The van der Waals surface area contributed by atoms with Crippen LogP contribution in [0.5, 0.6) is 0 Å². The molecule has 0 aliphatic rings. The molecule has 0 spiro atoms. The molecule has 0 nitrogen and oxygen atoms in total. The molecule has 0 aliphatic carbocycles. The molecule has 1 rings (SSSR count). The number of aryl methyl sites for hydroxylation is 1. The van der Waals surface area contributed by atoms with E-state index in [0.717, 1.165) is 18.4 Å². The summed E-state index contributed by atoms with van der Waals surface area (Å²) in [5, 5.41) is 0. The summed E-state index contributed by atoms with van der Waals surface area (Å²) in [6.07, 6.45) is 4.37. The van der Waals surface area contributed by atoms with E-state index in [4.69, 9.17) is 0 Å². The third-order valence-electron chi connectivity index (χ3n) is 3.14. The molecule has 0 aliphatic heterocycles. The fourth-order valence-corrected chi connectivity index (χ4v) is 2.32. The summed E-state index contributed by atoms with van der Waals surface area (Å²) >= 11 is 0. The maximum atomic E-state index is 13.3. The second kappa shape index (κ2) is 6.72. The molecule has 0 saturated carbocycles. The van der Waals surface area contributed by atoms with Crippen molar-refractivity contribution in [2.24, 2.45) is 5.92 Å². The maximum absolute atomic E-state index is 13.3. The first-order valence-corrected chi connectivity index (χ1v) is 6.85. The van der Waals surface area contributed by atoms with Gasteiger partial charge in [-0.05, 0) is 54.9 Å². The minimum Gasteiger partial charge on any atom is -0.207 e. The lowest BCUT2D eigenvalue weighted by atomic mass is 9.93. The zero-order valence-corrected chi connectivity index (χ0v) is 12.3. The number of rotatable bonds is 5. The van der Waals surface area contributed by atoms with Crippen molar-refractivity contribution < 1.29 is 4.39 Å². The van der Waals surface area contributed by atoms with Crippen molar-refractivity contribution in [1.29, 1.82) is 0 Å². The van der Waals surface area contributed by atoms with Crippen LogP contribution in [0.15, 0.2) is 29.8 Å². The summed E-state index contributed by atoms with van der Waals surface area (Å²) in [7, 11) is 0. The van der Waals surface area contributed by atoms with E-state index < -0.39 is 0 Å². The van der Waals surface area contributed by atoms with E-state index in [1.54, 1.807) is 12.1 Å². The van der Waals surface area contributed by atoms with Gasteiger partial charge in [0.05, 0.1) is 0 Å². The number of allylic oxidation sites excluding steroid dienone is 2. The molecule has 0 amide bonds. The lowest BCUT2D eigenvalue weighted by Gasteiger charge is -2.13. The highest BCUT2D eigenvalue weighted by Crippen LogP contribution is 2.23. The van der Waals surface area contributed by atoms with Gasteiger partial charge in [0.15, 0.2) is 0 Å². The Bertz CT molecular complexity index is 414. The minimum atomic E-state index is -0.128. The second-order valence-electron chi connectivity index (χ2n) is 5.75. The smallest absolute Gasteiger partial charge is 0.123 e. The molecule has 0 unspecified atom stereocenters. The predicted octanol–water partition coefficient (Wildman–Crippen LogP) is 5.48. The van der Waals surface area contributed by atoms with Crippen LogP contribution in [-0.4, -0.2) is 0 Å². The highest BCUT2D eigenvalue weighted by Gasteiger charge is 2.08. The van der Waals surface area contributed by atoms with E-state index in [1.165, 1.54) is 11.1 Å². The van der Waals surface area contributed by atoms with E-state index in [9.17, 15) is 4.39 Å². The summed E-state index contributed by atoms with van der Waals surface area (Å²) in [6.45, 7) is 10.8. The largest absolute Gasteiger partial charge is 0.207 e. The van der Waals surface area contributed by atoms with Crippen LogP contribution < -0.4 is 0 Å². The average Bonchev–Trinajstić information content (AvgIpc) is 2.26. The van der Waals surface area contributed by atoms with E-state index in [2.05, 4.69) is 40.7 Å². The lowest BCUT2D eigenvalue weighted by molar-refractivity contribution is 0.621. The Morgan fingerprint density at radius 3 is 2.44 bits per heavy atom. The Morgan fingerprint density at radius 2 is 1.89 bits per heavy atom. The maximum Gasteiger partial charge on any atom is 0.123 e. The van der Waals surface area contributed by atoms with Gasteiger partial charge in [-0.25, -0.2) is 4.39 Å². The van der Waals surface area contributed by atoms with Crippen molar-refractivity contribution >= 4 is 0 Å². The molecule has 0 aromatic heterocycles. The van der Waals surface area contributed by atoms with E-state index in [-0.39, 0.29) is 5.82 Å². The first-order valence-electron chi connectivity index (χ1n) is 6.85. The summed E-state index contributed by atoms with van der Waals surface area (Å²) in [5.41, 5.74) is 3.85. The molecule has 0 radical (unpaired) electrons. The summed E-state index contributed by atoms with van der Waals surface area (Å²) in [4.78, 5) is 0. The predicted molar refractivity (Wildman–Crippen MR) is 77.4 cm³/mol. The number of benzene rings is 1. The zero-order valence-electron chi connectivity index (χ0n) is 12.3. The van der Waals surface area contributed by atoms with Crippen molar-refractivity contribution in [3.05, 3.63) is 46.8 Å². The first kappa shape index (κ1) is 14.9. The van der Waals surface area contributed by atoms with Crippen molar-refractivity contribution in [3.63, 3.8) is 0 Å². The normalized spacial score (nSPS) is 12.6. The van der Waals surface area contributed by atoms with Crippen molar-refractivity contribution in [2.45, 2.75) is 53.4 Å². The molecule has 0 saturated heterocycles. The lowest BCUT2D eigenvalue weighted by Crippen LogP contribution is -1.98. The molecule has 1 aromatic rings. The molecule has 0 bridgehead atoms. The van der Waals surface area contributed by atoms with Gasteiger partial charge in [0, 0.05) is 0 Å². The molecular formula is C17H25F. The van der Waals surface area contributed by atoms with E-state index in [0.29, 0.717) is 11.8 Å². The zero-order chi connectivity index (χ0) is 13.7. The molecule has 18 heavy (non-hydrogen) atoms. The molecule has 0 N–H and O–H groups in total. The first-order chi connectivity index (χ1) is 8.40. The van der Waals surface area contributed by atoms with Gasteiger partial charge >= 0.3 is 0 Å². The fraction of sp³-hybridized carbons (Fsp3) is 0.529. The third kappa shape index (κ3) is 4.64. The van der Waals surface area contributed by atoms with Gasteiger partial charge in [0.1, 0.15) is 5.82 Å². The molecule has 0 heterocycles. The van der Waals surface area contributed by atoms with Crippen molar-refractivity contribution in [1.82, 2.24) is 0 Å². The average molecular weight is 248 g/mol. The Morgan fingerprint density at radius 1 is 1.22 bits per heavy atom. The third-order valence-corrected chi connectivity index (χ3v) is 3.14. The second-order valence-corrected chi connectivity index (χ2v) is 5.75. The Labute approximate surface area is 111 Å². The van der Waals surface area contributed by atoms with Gasteiger partial charge < -0.3 is 0 Å². The number of hydrogen-bond donors (Lipinski definition) is 0.